The van der Waals surface area contributed by atoms with Crippen LogP contribution in [-0.2, 0) is 17.0 Å². The lowest BCUT2D eigenvalue weighted by molar-refractivity contribution is 0.0342. The maximum atomic E-state index is 12.4. The molecule has 6 heteroatoms. The standard InChI is InChI=1S/C21H25ClN2O2S/c22-20-6-4-17(5-7-20)16-27-13-8-23-21(25)19-3-1-2-18(14-19)15-24-9-11-26-12-10-24/h1-7,14H,8-13,15-16H2,(H,23,25). The van der Waals surface area contributed by atoms with E-state index in [1.54, 1.807) is 11.8 Å². The van der Waals surface area contributed by atoms with E-state index in [2.05, 4.69) is 16.3 Å². The molecule has 0 aromatic heterocycles. The normalized spacial score (nSPS) is 14.9. The van der Waals surface area contributed by atoms with Crippen molar-refractivity contribution in [3.05, 3.63) is 70.2 Å². The van der Waals surface area contributed by atoms with Crippen molar-refractivity contribution >= 4 is 29.3 Å². The van der Waals surface area contributed by atoms with Crippen LogP contribution in [0.1, 0.15) is 21.5 Å². The molecule has 2 aromatic rings. The number of ether oxygens (including phenoxy) is 1. The summed E-state index contributed by atoms with van der Waals surface area (Å²) in [5.41, 5.74) is 3.14. The van der Waals surface area contributed by atoms with Crippen LogP contribution in [0.4, 0.5) is 0 Å². The van der Waals surface area contributed by atoms with Crippen LogP contribution in [-0.4, -0.2) is 49.4 Å². The fourth-order valence-electron chi connectivity index (χ4n) is 2.94. The maximum Gasteiger partial charge on any atom is 0.251 e. The fourth-order valence-corrected chi connectivity index (χ4v) is 3.88. The molecule has 144 valence electrons. The Balaban J connectivity index is 1.39. The van der Waals surface area contributed by atoms with Gasteiger partial charge in [-0.3, -0.25) is 9.69 Å². The number of halogens is 1. The number of carbonyl (C=O) groups is 1. The summed E-state index contributed by atoms with van der Waals surface area (Å²) in [4.78, 5) is 14.7. The van der Waals surface area contributed by atoms with E-state index in [-0.39, 0.29) is 5.91 Å². The van der Waals surface area contributed by atoms with Gasteiger partial charge in [0.05, 0.1) is 13.2 Å². The Hall–Kier alpha value is -1.53. The third-order valence-corrected chi connectivity index (χ3v) is 5.70. The van der Waals surface area contributed by atoms with E-state index in [1.165, 1.54) is 11.1 Å². The number of nitrogens with one attached hydrogen (secondary N) is 1. The van der Waals surface area contributed by atoms with E-state index >= 15 is 0 Å². The van der Waals surface area contributed by atoms with Gasteiger partial charge in [-0.25, -0.2) is 0 Å². The minimum absolute atomic E-state index is 0.00841. The number of rotatable bonds is 8. The highest BCUT2D eigenvalue weighted by molar-refractivity contribution is 7.98. The molecule has 0 unspecified atom stereocenters. The molecule has 0 radical (unpaired) electrons. The first-order chi connectivity index (χ1) is 13.2. The topological polar surface area (TPSA) is 41.6 Å². The average molecular weight is 405 g/mol. The fraction of sp³-hybridized carbons (Fsp3) is 0.381. The van der Waals surface area contributed by atoms with E-state index in [0.717, 1.165) is 54.9 Å². The molecule has 1 aliphatic rings. The van der Waals surface area contributed by atoms with E-state index in [0.29, 0.717) is 6.54 Å². The Morgan fingerprint density at radius 3 is 2.67 bits per heavy atom. The minimum atomic E-state index is -0.00841. The van der Waals surface area contributed by atoms with Crippen molar-refractivity contribution in [3.63, 3.8) is 0 Å². The first-order valence-electron chi connectivity index (χ1n) is 9.20. The van der Waals surface area contributed by atoms with Crippen molar-refractivity contribution in [1.82, 2.24) is 10.2 Å². The predicted octanol–water partition coefficient (Wildman–Crippen LogP) is 3.84. The monoisotopic (exact) mass is 404 g/mol. The van der Waals surface area contributed by atoms with Crippen LogP contribution < -0.4 is 5.32 Å². The van der Waals surface area contributed by atoms with Crippen molar-refractivity contribution in [2.24, 2.45) is 0 Å². The van der Waals surface area contributed by atoms with Gasteiger partial charge in [-0.15, -0.1) is 0 Å². The highest BCUT2D eigenvalue weighted by Crippen LogP contribution is 2.15. The molecule has 27 heavy (non-hydrogen) atoms. The Labute approximate surface area is 170 Å². The lowest BCUT2D eigenvalue weighted by Gasteiger charge is -2.26. The molecular weight excluding hydrogens is 380 g/mol. The molecule has 1 amide bonds. The van der Waals surface area contributed by atoms with E-state index in [4.69, 9.17) is 16.3 Å². The number of thioether (sulfide) groups is 1. The number of hydrogen-bond acceptors (Lipinski definition) is 4. The van der Waals surface area contributed by atoms with Gasteiger partial charge in [-0.1, -0.05) is 35.9 Å². The van der Waals surface area contributed by atoms with Crippen LogP contribution in [0.15, 0.2) is 48.5 Å². The molecule has 3 rings (SSSR count). The molecule has 0 saturated carbocycles. The SMILES string of the molecule is O=C(NCCSCc1ccc(Cl)cc1)c1cccc(CN2CCOCC2)c1. The molecule has 0 spiro atoms. The summed E-state index contributed by atoms with van der Waals surface area (Å²) >= 11 is 7.69. The molecule has 1 N–H and O–H groups in total. The minimum Gasteiger partial charge on any atom is -0.379 e. The summed E-state index contributed by atoms with van der Waals surface area (Å²) in [5.74, 6) is 1.79. The summed E-state index contributed by atoms with van der Waals surface area (Å²) in [6.45, 7) is 4.98. The van der Waals surface area contributed by atoms with Crippen LogP contribution in [0, 0.1) is 0 Å². The van der Waals surface area contributed by atoms with Gasteiger partial charge in [-0.05, 0) is 35.4 Å². The number of morpholine rings is 1. The number of benzene rings is 2. The largest absolute Gasteiger partial charge is 0.379 e. The van der Waals surface area contributed by atoms with Crippen LogP contribution in [0.2, 0.25) is 5.02 Å². The Kier molecular flexibility index (Phi) is 8.02. The van der Waals surface area contributed by atoms with Gasteiger partial charge >= 0.3 is 0 Å². The highest BCUT2D eigenvalue weighted by Gasteiger charge is 2.12. The predicted molar refractivity (Wildman–Crippen MR) is 112 cm³/mol. The number of carbonyl (C=O) groups excluding carboxylic acids is 1. The molecule has 4 nitrogen and oxygen atoms in total. The van der Waals surface area contributed by atoms with Gasteiger partial charge < -0.3 is 10.1 Å². The molecule has 1 aliphatic heterocycles. The van der Waals surface area contributed by atoms with Crippen LogP contribution in [0.25, 0.3) is 0 Å². The molecule has 1 saturated heterocycles. The molecule has 1 heterocycles. The van der Waals surface area contributed by atoms with Gasteiger partial charge in [0.15, 0.2) is 0 Å². The highest BCUT2D eigenvalue weighted by atomic mass is 35.5. The van der Waals surface area contributed by atoms with Crippen molar-refractivity contribution in [1.29, 1.82) is 0 Å². The lowest BCUT2D eigenvalue weighted by atomic mass is 10.1. The van der Waals surface area contributed by atoms with Crippen LogP contribution >= 0.6 is 23.4 Å². The first-order valence-corrected chi connectivity index (χ1v) is 10.7. The van der Waals surface area contributed by atoms with Crippen molar-refractivity contribution in [2.45, 2.75) is 12.3 Å². The molecule has 1 fully saturated rings. The Bertz CT molecular complexity index is 733. The number of nitrogens with zero attached hydrogens (tertiary/aromatic N) is 1. The summed E-state index contributed by atoms with van der Waals surface area (Å²) < 4.78 is 5.38. The molecule has 0 atom stereocenters. The quantitative estimate of drug-likeness (QED) is 0.679. The first kappa shape index (κ1) is 20.2. The molecule has 2 aromatic carbocycles. The van der Waals surface area contributed by atoms with Crippen molar-refractivity contribution in [2.75, 3.05) is 38.6 Å². The zero-order valence-electron chi connectivity index (χ0n) is 15.3. The van der Waals surface area contributed by atoms with Gasteiger partial charge in [0, 0.05) is 48.3 Å². The third-order valence-electron chi connectivity index (χ3n) is 4.41. The smallest absolute Gasteiger partial charge is 0.251 e. The summed E-state index contributed by atoms with van der Waals surface area (Å²) in [7, 11) is 0. The molecule has 0 bridgehead atoms. The zero-order valence-corrected chi connectivity index (χ0v) is 16.9. The van der Waals surface area contributed by atoms with Crippen molar-refractivity contribution in [3.8, 4) is 0 Å². The third kappa shape index (κ3) is 6.85. The van der Waals surface area contributed by atoms with E-state index < -0.39 is 0 Å². The summed E-state index contributed by atoms with van der Waals surface area (Å²) in [5, 5.41) is 3.77. The van der Waals surface area contributed by atoms with Gasteiger partial charge in [-0.2, -0.15) is 11.8 Å². The van der Waals surface area contributed by atoms with Gasteiger partial charge in [0.1, 0.15) is 0 Å². The second-order valence-electron chi connectivity index (χ2n) is 6.52. The zero-order chi connectivity index (χ0) is 18.9. The van der Waals surface area contributed by atoms with Crippen LogP contribution in [0.3, 0.4) is 0 Å². The molecule has 0 aliphatic carbocycles. The Morgan fingerprint density at radius 2 is 1.89 bits per heavy atom. The van der Waals surface area contributed by atoms with E-state index in [1.807, 2.05) is 42.5 Å². The summed E-state index contributed by atoms with van der Waals surface area (Å²) in [6.07, 6.45) is 0. The molecular formula is C21H25ClN2O2S. The lowest BCUT2D eigenvalue weighted by Crippen LogP contribution is -2.35. The van der Waals surface area contributed by atoms with Gasteiger partial charge in [0.25, 0.3) is 5.91 Å². The van der Waals surface area contributed by atoms with E-state index in [9.17, 15) is 4.79 Å². The van der Waals surface area contributed by atoms with Crippen LogP contribution in [0.5, 0.6) is 0 Å². The van der Waals surface area contributed by atoms with Gasteiger partial charge in [0.2, 0.25) is 0 Å². The number of amides is 1. The maximum absolute atomic E-state index is 12.4. The second kappa shape index (κ2) is 10.7. The number of hydrogen-bond donors (Lipinski definition) is 1. The average Bonchev–Trinajstić information content (AvgIpc) is 2.70. The Morgan fingerprint density at radius 1 is 1.11 bits per heavy atom. The summed E-state index contributed by atoms with van der Waals surface area (Å²) in [6, 6.07) is 15.8. The second-order valence-corrected chi connectivity index (χ2v) is 8.07. The van der Waals surface area contributed by atoms with Crippen molar-refractivity contribution < 1.29 is 9.53 Å².